The van der Waals surface area contributed by atoms with Gasteiger partial charge in [-0.3, -0.25) is 0 Å². The molecule has 0 spiro atoms. The van der Waals surface area contributed by atoms with Crippen LogP contribution in [0.3, 0.4) is 0 Å². The zero-order valence-corrected chi connectivity index (χ0v) is 14.2. The monoisotopic (exact) mass is 338 g/mol. The first-order chi connectivity index (χ1) is 10.9. The molecule has 1 aromatic carbocycles. The number of carbonyl (C=O) groups is 1. The molecule has 0 amide bonds. The van der Waals surface area contributed by atoms with Crippen LogP contribution in [0.15, 0.2) is 29.2 Å². The molecule has 2 atom stereocenters. The number of hydrogen-bond acceptors (Lipinski definition) is 5. The Hall–Kier alpha value is -1.44. The molecule has 2 unspecified atom stereocenters. The van der Waals surface area contributed by atoms with Gasteiger partial charge in [0.05, 0.1) is 17.6 Å². The van der Waals surface area contributed by atoms with Crippen molar-refractivity contribution in [1.82, 2.24) is 9.62 Å². The van der Waals surface area contributed by atoms with Gasteiger partial charge in [-0.05, 0) is 49.9 Å². The Kier molecular flexibility index (Phi) is 4.44. The van der Waals surface area contributed by atoms with Gasteiger partial charge in [0.1, 0.15) is 0 Å². The van der Waals surface area contributed by atoms with Gasteiger partial charge in [-0.25, -0.2) is 13.2 Å². The van der Waals surface area contributed by atoms with E-state index in [4.69, 9.17) is 0 Å². The minimum Gasteiger partial charge on any atom is -0.465 e. The van der Waals surface area contributed by atoms with Crippen LogP contribution in [0.25, 0.3) is 0 Å². The third kappa shape index (κ3) is 3.13. The van der Waals surface area contributed by atoms with E-state index in [2.05, 4.69) is 10.1 Å². The highest BCUT2D eigenvalue weighted by atomic mass is 32.2. The van der Waals surface area contributed by atoms with Crippen molar-refractivity contribution < 1.29 is 17.9 Å². The zero-order chi connectivity index (χ0) is 16.6. The van der Waals surface area contributed by atoms with E-state index in [0.29, 0.717) is 17.6 Å². The van der Waals surface area contributed by atoms with Gasteiger partial charge < -0.3 is 10.1 Å². The number of methoxy groups -OCH3 is 1. The van der Waals surface area contributed by atoms with E-state index in [1.165, 1.54) is 35.7 Å². The highest BCUT2D eigenvalue weighted by molar-refractivity contribution is 7.89. The number of esters is 1. The minimum atomic E-state index is -3.55. The van der Waals surface area contributed by atoms with Crippen LogP contribution in [-0.4, -0.2) is 51.0 Å². The molecule has 6 nitrogen and oxygen atoms in total. The lowest BCUT2D eigenvalue weighted by molar-refractivity contribution is 0.0600. The molecule has 0 radical (unpaired) electrons. The van der Waals surface area contributed by atoms with Crippen molar-refractivity contribution in [3.63, 3.8) is 0 Å². The van der Waals surface area contributed by atoms with Crippen LogP contribution >= 0.6 is 0 Å². The molecule has 2 heterocycles. The summed E-state index contributed by atoms with van der Waals surface area (Å²) < 4.78 is 31.7. The summed E-state index contributed by atoms with van der Waals surface area (Å²) in [5.74, 6) is -0.475. The number of rotatable bonds is 4. The largest absolute Gasteiger partial charge is 0.465 e. The molecule has 23 heavy (non-hydrogen) atoms. The van der Waals surface area contributed by atoms with Gasteiger partial charge in [-0.15, -0.1) is 0 Å². The SMILES string of the molecule is COC(=O)c1ccc(S(=O)(=O)N(C)C2CC3CCC(C2)N3)cc1. The molecule has 2 aliphatic rings. The number of hydrogen-bond donors (Lipinski definition) is 1. The van der Waals surface area contributed by atoms with Gasteiger partial charge in [0.2, 0.25) is 10.0 Å². The summed E-state index contributed by atoms with van der Waals surface area (Å²) in [4.78, 5) is 11.7. The molecule has 2 fully saturated rings. The smallest absolute Gasteiger partial charge is 0.337 e. The number of carbonyl (C=O) groups excluding carboxylic acids is 1. The molecular weight excluding hydrogens is 316 g/mol. The van der Waals surface area contributed by atoms with Crippen molar-refractivity contribution in [3.8, 4) is 0 Å². The Balaban J connectivity index is 1.79. The third-order valence-corrected chi connectivity index (χ3v) is 6.84. The fourth-order valence-corrected chi connectivity index (χ4v) is 4.94. The van der Waals surface area contributed by atoms with E-state index >= 15 is 0 Å². The number of fused-ring (bicyclic) bond motifs is 2. The Bertz CT molecular complexity index is 675. The molecule has 1 N–H and O–H groups in total. The molecule has 126 valence electrons. The van der Waals surface area contributed by atoms with Gasteiger partial charge in [0, 0.05) is 25.2 Å². The van der Waals surface area contributed by atoms with Crippen LogP contribution in [0, 0.1) is 0 Å². The molecular formula is C16H22N2O4S. The number of nitrogens with zero attached hydrogens (tertiary/aromatic N) is 1. The first-order valence-electron chi connectivity index (χ1n) is 7.84. The summed E-state index contributed by atoms with van der Waals surface area (Å²) in [6, 6.07) is 6.79. The maximum Gasteiger partial charge on any atom is 0.337 e. The second-order valence-corrected chi connectivity index (χ2v) is 8.30. The zero-order valence-electron chi connectivity index (χ0n) is 13.4. The van der Waals surface area contributed by atoms with Gasteiger partial charge in [-0.1, -0.05) is 0 Å². The lowest BCUT2D eigenvalue weighted by atomic mass is 10.0. The number of ether oxygens (including phenoxy) is 1. The summed E-state index contributed by atoms with van der Waals surface area (Å²) >= 11 is 0. The predicted molar refractivity (Wildman–Crippen MR) is 85.7 cm³/mol. The number of nitrogens with one attached hydrogen (secondary N) is 1. The maximum absolute atomic E-state index is 12.8. The highest BCUT2D eigenvalue weighted by Gasteiger charge is 2.38. The van der Waals surface area contributed by atoms with Crippen molar-refractivity contribution >= 4 is 16.0 Å². The van der Waals surface area contributed by atoms with E-state index in [1.807, 2.05) is 0 Å². The first kappa shape index (κ1) is 16.4. The average Bonchev–Trinajstić information content (AvgIpc) is 2.91. The van der Waals surface area contributed by atoms with Crippen molar-refractivity contribution in [3.05, 3.63) is 29.8 Å². The van der Waals surface area contributed by atoms with Crippen LogP contribution in [0.5, 0.6) is 0 Å². The van der Waals surface area contributed by atoms with E-state index < -0.39 is 16.0 Å². The lowest BCUT2D eigenvalue weighted by Gasteiger charge is -2.34. The van der Waals surface area contributed by atoms with Gasteiger partial charge in [0.15, 0.2) is 0 Å². The Morgan fingerprint density at radius 1 is 1.17 bits per heavy atom. The second kappa shape index (κ2) is 6.22. The first-order valence-corrected chi connectivity index (χ1v) is 9.28. The van der Waals surface area contributed by atoms with E-state index in [-0.39, 0.29) is 10.9 Å². The average molecular weight is 338 g/mol. The standard InChI is InChI=1S/C16H22N2O4S/c1-18(14-9-12-5-6-13(10-14)17-12)23(20,21)15-7-3-11(4-8-15)16(19)22-2/h3-4,7-8,12-14,17H,5-6,9-10H2,1-2H3. The second-order valence-electron chi connectivity index (χ2n) is 6.30. The molecule has 1 aromatic rings. The summed E-state index contributed by atoms with van der Waals surface area (Å²) in [6.07, 6.45) is 3.96. The molecule has 7 heteroatoms. The Labute approximate surface area is 136 Å². The molecule has 2 saturated heterocycles. The third-order valence-electron chi connectivity index (χ3n) is 4.91. The molecule has 3 rings (SSSR count). The van der Waals surface area contributed by atoms with Crippen LogP contribution in [0.4, 0.5) is 0 Å². The van der Waals surface area contributed by atoms with Gasteiger partial charge in [0.25, 0.3) is 0 Å². The number of sulfonamides is 1. The van der Waals surface area contributed by atoms with Crippen molar-refractivity contribution in [2.45, 2.75) is 48.7 Å². The highest BCUT2D eigenvalue weighted by Crippen LogP contribution is 2.31. The normalized spacial score (nSPS) is 27.2. The lowest BCUT2D eigenvalue weighted by Crippen LogP contribution is -2.48. The van der Waals surface area contributed by atoms with Gasteiger partial charge in [-0.2, -0.15) is 4.31 Å². The van der Waals surface area contributed by atoms with E-state index in [0.717, 1.165) is 25.7 Å². The van der Waals surface area contributed by atoms with Crippen molar-refractivity contribution in [2.24, 2.45) is 0 Å². The quantitative estimate of drug-likeness (QED) is 0.840. The fourth-order valence-electron chi connectivity index (χ4n) is 3.57. The van der Waals surface area contributed by atoms with Gasteiger partial charge >= 0.3 is 5.97 Å². The maximum atomic E-state index is 12.8. The molecule has 0 aliphatic carbocycles. The molecule has 0 aromatic heterocycles. The van der Waals surface area contributed by atoms with Crippen LogP contribution in [-0.2, 0) is 14.8 Å². The molecule has 2 bridgehead atoms. The van der Waals surface area contributed by atoms with Crippen LogP contribution < -0.4 is 5.32 Å². The van der Waals surface area contributed by atoms with Crippen molar-refractivity contribution in [2.75, 3.05) is 14.2 Å². The predicted octanol–water partition coefficient (Wildman–Crippen LogP) is 1.38. The van der Waals surface area contributed by atoms with Crippen LogP contribution in [0.1, 0.15) is 36.0 Å². The van der Waals surface area contributed by atoms with Crippen molar-refractivity contribution in [1.29, 1.82) is 0 Å². The van der Waals surface area contributed by atoms with Crippen LogP contribution in [0.2, 0.25) is 0 Å². The summed E-state index contributed by atoms with van der Waals surface area (Å²) in [7, 11) is -0.604. The number of piperidine rings is 1. The van der Waals surface area contributed by atoms with E-state index in [9.17, 15) is 13.2 Å². The Morgan fingerprint density at radius 3 is 2.26 bits per heavy atom. The summed E-state index contributed by atoms with van der Waals surface area (Å²) in [6.45, 7) is 0. The minimum absolute atomic E-state index is 0.0269. The fraction of sp³-hybridized carbons (Fsp3) is 0.562. The summed E-state index contributed by atoms with van der Waals surface area (Å²) in [5, 5.41) is 3.52. The molecule has 0 saturated carbocycles. The molecule has 2 aliphatic heterocycles. The topological polar surface area (TPSA) is 75.7 Å². The summed E-state index contributed by atoms with van der Waals surface area (Å²) in [5.41, 5.74) is 0.342. The Morgan fingerprint density at radius 2 is 1.74 bits per heavy atom. The number of benzene rings is 1. The van der Waals surface area contributed by atoms with E-state index in [1.54, 1.807) is 7.05 Å².